The lowest BCUT2D eigenvalue weighted by atomic mass is 10.2. The van der Waals surface area contributed by atoms with Gasteiger partial charge in [-0.25, -0.2) is 14.4 Å². The highest BCUT2D eigenvalue weighted by atomic mass is 79.9. The maximum atomic E-state index is 13.4. The van der Waals surface area contributed by atoms with Crippen molar-refractivity contribution in [1.82, 2.24) is 15.0 Å². The second kappa shape index (κ2) is 4.74. The Kier molecular flexibility index (Phi) is 3.20. The molecule has 0 bridgehead atoms. The topological polar surface area (TPSA) is 41.6 Å². The van der Waals surface area contributed by atoms with Gasteiger partial charge in [-0.15, -0.1) is 0 Å². The van der Waals surface area contributed by atoms with E-state index in [4.69, 9.17) is 23.2 Å². The number of rotatable bonds is 1. The number of pyridine rings is 1. The van der Waals surface area contributed by atoms with Gasteiger partial charge in [0, 0.05) is 10.0 Å². The van der Waals surface area contributed by atoms with Crippen LogP contribution in [0.5, 0.6) is 0 Å². The van der Waals surface area contributed by atoms with Gasteiger partial charge in [0.05, 0.1) is 10.5 Å². The summed E-state index contributed by atoms with van der Waals surface area (Å²) in [5.41, 5.74) is 1.69. The number of benzene rings is 1. The number of hydrogen-bond acceptors (Lipinski definition) is 2. The van der Waals surface area contributed by atoms with Crippen LogP contribution in [0, 0.1) is 5.82 Å². The van der Waals surface area contributed by atoms with E-state index in [0.29, 0.717) is 32.0 Å². The van der Waals surface area contributed by atoms with Crippen molar-refractivity contribution in [3.8, 4) is 11.4 Å². The fraction of sp³-hybridized carbons (Fsp3) is 0. The number of halogens is 4. The van der Waals surface area contributed by atoms with Crippen LogP contribution in [0.15, 0.2) is 28.7 Å². The van der Waals surface area contributed by atoms with Gasteiger partial charge in [0.25, 0.3) is 0 Å². The largest absolute Gasteiger partial charge is 0.337 e. The molecule has 7 heteroatoms. The molecule has 0 aliphatic carbocycles. The average molecular weight is 361 g/mol. The highest BCUT2D eigenvalue weighted by Crippen LogP contribution is 2.27. The van der Waals surface area contributed by atoms with Gasteiger partial charge in [-0.3, -0.25) is 0 Å². The van der Waals surface area contributed by atoms with Crippen LogP contribution in [0.4, 0.5) is 4.39 Å². The maximum Gasteiger partial charge on any atom is 0.179 e. The lowest BCUT2D eigenvalue weighted by molar-refractivity contribution is 0.627. The van der Waals surface area contributed by atoms with E-state index < -0.39 is 0 Å². The highest BCUT2D eigenvalue weighted by Gasteiger charge is 2.10. The first-order valence-corrected chi connectivity index (χ1v) is 6.76. The van der Waals surface area contributed by atoms with Crippen molar-refractivity contribution < 1.29 is 4.39 Å². The van der Waals surface area contributed by atoms with Crippen LogP contribution in [0.1, 0.15) is 0 Å². The molecule has 0 saturated carbocycles. The van der Waals surface area contributed by atoms with Crippen LogP contribution in [0.25, 0.3) is 22.6 Å². The fourth-order valence-electron chi connectivity index (χ4n) is 1.72. The van der Waals surface area contributed by atoms with Crippen LogP contribution in [0.2, 0.25) is 10.2 Å². The second-order valence-corrected chi connectivity index (χ2v) is 5.56. The third-order valence-electron chi connectivity index (χ3n) is 2.52. The zero-order valence-electron chi connectivity index (χ0n) is 9.22. The molecule has 0 atom stereocenters. The van der Waals surface area contributed by atoms with E-state index in [1.807, 2.05) is 0 Å². The normalized spacial score (nSPS) is 11.2. The van der Waals surface area contributed by atoms with E-state index >= 15 is 0 Å². The predicted molar refractivity (Wildman–Crippen MR) is 77.0 cm³/mol. The molecule has 96 valence electrons. The zero-order valence-corrected chi connectivity index (χ0v) is 12.3. The van der Waals surface area contributed by atoms with Gasteiger partial charge in [0.15, 0.2) is 5.65 Å². The molecular weight excluding hydrogens is 356 g/mol. The van der Waals surface area contributed by atoms with Crippen molar-refractivity contribution in [2.75, 3.05) is 0 Å². The van der Waals surface area contributed by atoms with Gasteiger partial charge >= 0.3 is 0 Å². The van der Waals surface area contributed by atoms with Crippen LogP contribution < -0.4 is 0 Å². The van der Waals surface area contributed by atoms with Gasteiger partial charge in [0.1, 0.15) is 16.8 Å². The van der Waals surface area contributed by atoms with E-state index in [1.165, 1.54) is 12.1 Å². The summed E-state index contributed by atoms with van der Waals surface area (Å²) in [7, 11) is 0. The second-order valence-electron chi connectivity index (χ2n) is 3.88. The van der Waals surface area contributed by atoms with Crippen molar-refractivity contribution in [3.63, 3.8) is 0 Å². The molecule has 2 aromatic heterocycles. The molecule has 19 heavy (non-hydrogen) atoms. The molecule has 0 unspecified atom stereocenters. The van der Waals surface area contributed by atoms with Gasteiger partial charge in [0.2, 0.25) is 0 Å². The number of imidazole rings is 1. The summed E-state index contributed by atoms with van der Waals surface area (Å²) in [4.78, 5) is 11.4. The van der Waals surface area contributed by atoms with E-state index in [2.05, 4.69) is 30.9 Å². The third-order valence-corrected chi connectivity index (χ3v) is 3.65. The molecule has 3 nitrogen and oxygen atoms in total. The molecule has 2 heterocycles. The van der Waals surface area contributed by atoms with E-state index in [9.17, 15) is 4.39 Å². The van der Waals surface area contributed by atoms with Crippen LogP contribution >= 0.6 is 39.1 Å². The predicted octanol–water partition coefficient (Wildman–Crippen LogP) is 4.83. The maximum absolute atomic E-state index is 13.4. The van der Waals surface area contributed by atoms with E-state index in [-0.39, 0.29) is 11.0 Å². The molecule has 1 N–H and O–H groups in total. The standard InChI is InChI=1S/C12H5BrCl2FN3/c13-6-1-5(2-7(16)3-6)11-17-9-4-8(14)10(15)18-12(9)19-11/h1-4H,(H,17,18,19). The van der Waals surface area contributed by atoms with Crippen LogP contribution in [-0.2, 0) is 0 Å². The highest BCUT2D eigenvalue weighted by molar-refractivity contribution is 9.10. The summed E-state index contributed by atoms with van der Waals surface area (Å²) < 4.78 is 14.0. The van der Waals surface area contributed by atoms with Crippen molar-refractivity contribution in [1.29, 1.82) is 0 Å². The van der Waals surface area contributed by atoms with Gasteiger partial charge in [-0.05, 0) is 24.3 Å². The number of nitrogens with zero attached hydrogens (tertiary/aromatic N) is 2. The van der Waals surface area contributed by atoms with Gasteiger partial charge < -0.3 is 4.98 Å². The molecule has 0 fully saturated rings. The molecule has 3 rings (SSSR count). The Morgan fingerprint density at radius 3 is 2.63 bits per heavy atom. The lowest BCUT2D eigenvalue weighted by Gasteiger charge is -1.98. The number of H-pyrrole nitrogens is 1. The summed E-state index contributed by atoms with van der Waals surface area (Å²) >= 11 is 15.0. The average Bonchev–Trinajstić information content (AvgIpc) is 2.71. The summed E-state index contributed by atoms with van der Waals surface area (Å²) in [5.74, 6) is 0.148. The molecule has 0 amide bonds. The number of aromatic nitrogens is 3. The zero-order chi connectivity index (χ0) is 13.6. The van der Waals surface area contributed by atoms with Crippen molar-refractivity contribution in [2.45, 2.75) is 0 Å². The Bertz CT molecular complexity index is 729. The first-order valence-electron chi connectivity index (χ1n) is 5.21. The number of hydrogen-bond donors (Lipinski definition) is 1. The lowest BCUT2D eigenvalue weighted by Crippen LogP contribution is -1.83. The number of aromatic amines is 1. The quantitative estimate of drug-likeness (QED) is 0.631. The molecular formula is C12H5BrCl2FN3. The van der Waals surface area contributed by atoms with E-state index in [0.717, 1.165) is 0 Å². The Morgan fingerprint density at radius 1 is 1.11 bits per heavy atom. The number of fused-ring (bicyclic) bond motifs is 1. The molecule has 0 aliphatic heterocycles. The fourth-order valence-corrected chi connectivity index (χ4v) is 2.47. The Morgan fingerprint density at radius 2 is 1.89 bits per heavy atom. The minimum atomic E-state index is -0.353. The summed E-state index contributed by atoms with van der Waals surface area (Å²) in [6.45, 7) is 0. The Labute approximate surface area is 125 Å². The molecule has 3 aromatic rings. The summed E-state index contributed by atoms with van der Waals surface area (Å²) in [6, 6.07) is 6.14. The van der Waals surface area contributed by atoms with E-state index in [1.54, 1.807) is 12.1 Å². The summed E-state index contributed by atoms with van der Waals surface area (Å²) in [6.07, 6.45) is 0. The van der Waals surface area contributed by atoms with Gasteiger partial charge in [-0.2, -0.15) is 0 Å². The summed E-state index contributed by atoms with van der Waals surface area (Å²) in [5, 5.41) is 0.525. The minimum absolute atomic E-state index is 0.188. The van der Waals surface area contributed by atoms with Crippen molar-refractivity contribution in [2.24, 2.45) is 0 Å². The minimum Gasteiger partial charge on any atom is -0.337 e. The SMILES string of the molecule is Fc1cc(Br)cc(-c2nc3nc(Cl)c(Cl)cc3[nH]2)c1. The van der Waals surface area contributed by atoms with Crippen LogP contribution in [0.3, 0.4) is 0 Å². The van der Waals surface area contributed by atoms with Gasteiger partial charge in [-0.1, -0.05) is 39.1 Å². The van der Waals surface area contributed by atoms with Crippen molar-refractivity contribution in [3.05, 3.63) is 44.7 Å². The van der Waals surface area contributed by atoms with Crippen LogP contribution in [-0.4, -0.2) is 15.0 Å². The third kappa shape index (κ3) is 2.45. The first-order chi connectivity index (χ1) is 9.02. The monoisotopic (exact) mass is 359 g/mol. The molecule has 1 aromatic carbocycles. The number of nitrogens with one attached hydrogen (secondary N) is 1. The Balaban J connectivity index is 2.20. The molecule has 0 spiro atoms. The van der Waals surface area contributed by atoms with Crippen molar-refractivity contribution >= 4 is 50.3 Å². The molecule has 0 saturated heterocycles. The Hall–Kier alpha value is -1.17. The molecule has 0 radical (unpaired) electrons. The first kappa shape index (κ1) is 12.8. The smallest absolute Gasteiger partial charge is 0.179 e. The molecule has 0 aliphatic rings.